The Hall–Kier alpha value is -0.110. The van der Waals surface area contributed by atoms with E-state index < -0.39 is 3.79 Å². The number of hydrogen-bond acceptors (Lipinski definition) is 1. The van der Waals surface area contributed by atoms with Crippen molar-refractivity contribution in [1.29, 1.82) is 0 Å². The zero-order valence-electron chi connectivity index (χ0n) is 7.71. The summed E-state index contributed by atoms with van der Waals surface area (Å²) in [5.74, 6) is 0.640. The number of ether oxygens (including phenoxy) is 1. The molecule has 0 radical (unpaired) electrons. The van der Waals surface area contributed by atoms with Crippen LogP contribution in [-0.2, 0) is 0 Å². The van der Waals surface area contributed by atoms with Gasteiger partial charge in [0.05, 0.1) is 6.61 Å². The Bertz CT molecular complexity index is 268. The fourth-order valence-electron chi connectivity index (χ4n) is 0.832. The smallest absolute Gasteiger partial charge is 0.196 e. The van der Waals surface area contributed by atoms with Gasteiger partial charge in [0.1, 0.15) is 5.75 Å². The minimum atomic E-state index is -1.27. The van der Waals surface area contributed by atoms with Crippen LogP contribution < -0.4 is 4.74 Å². The SMILES string of the molecule is CC(COc1ccccc1)C(Cl)(Cl)Cl. The Morgan fingerprint density at radius 2 is 1.79 bits per heavy atom. The highest BCUT2D eigenvalue weighted by Gasteiger charge is 2.28. The molecule has 1 atom stereocenters. The van der Waals surface area contributed by atoms with Crippen LogP contribution in [0.25, 0.3) is 0 Å². The predicted octanol–water partition coefficient (Wildman–Crippen LogP) is 4.07. The number of rotatable bonds is 3. The molecule has 0 aromatic heterocycles. The second kappa shape index (κ2) is 5.11. The quantitative estimate of drug-likeness (QED) is 0.738. The van der Waals surface area contributed by atoms with Crippen molar-refractivity contribution in [1.82, 2.24) is 0 Å². The second-order valence-corrected chi connectivity index (χ2v) is 5.44. The molecule has 1 aromatic carbocycles. The van der Waals surface area contributed by atoms with E-state index in [-0.39, 0.29) is 5.92 Å². The van der Waals surface area contributed by atoms with Crippen LogP contribution in [-0.4, -0.2) is 10.4 Å². The Morgan fingerprint density at radius 3 is 2.29 bits per heavy atom. The largest absolute Gasteiger partial charge is 0.493 e. The van der Waals surface area contributed by atoms with Crippen LogP contribution in [0.4, 0.5) is 0 Å². The van der Waals surface area contributed by atoms with Crippen LogP contribution in [0.3, 0.4) is 0 Å². The molecule has 0 bridgehead atoms. The van der Waals surface area contributed by atoms with Crippen molar-refractivity contribution in [2.24, 2.45) is 5.92 Å². The molecule has 78 valence electrons. The summed E-state index contributed by atoms with van der Waals surface area (Å²) in [5.41, 5.74) is 0. The van der Waals surface area contributed by atoms with E-state index >= 15 is 0 Å². The third-order valence-corrected chi connectivity index (χ3v) is 2.92. The van der Waals surface area contributed by atoms with Gasteiger partial charge in [-0.1, -0.05) is 59.9 Å². The van der Waals surface area contributed by atoms with Gasteiger partial charge in [0.25, 0.3) is 0 Å². The first-order valence-corrected chi connectivity index (χ1v) is 5.38. The molecule has 0 saturated carbocycles. The highest BCUT2D eigenvalue weighted by Crippen LogP contribution is 2.34. The molecule has 1 aromatic rings. The van der Waals surface area contributed by atoms with Crippen molar-refractivity contribution in [3.8, 4) is 5.75 Å². The summed E-state index contributed by atoms with van der Waals surface area (Å²) in [6.45, 7) is 2.22. The van der Waals surface area contributed by atoms with Gasteiger partial charge in [-0.05, 0) is 12.1 Å². The third-order valence-electron chi connectivity index (χ3n) is 1.80. The Labute approximate surface area is 98.9 Å². The summed E-state index contributed by atoms with van der Waals surface area (Å²) in [4.78, 5) is 0. The summed E-state index contributed by atoms with van der Waals surface area (Å²) >= 11 is 17.1. The van der Waals surface area contributed by atoms with Crippen LogP contribution in [0, 0.1) is 5.92 Å². The lowest BCUT2D eigenvalue weighted by molar-refractivity contribution is 0.262. The highest BCUT2D eigenvalue weighted by atomic mass is 35.6. The zero-order valence-corrected chi connectivity index (χ0v) is 9.98. The molecular weight excluding hydrogens is 242 g/mol. The Morgan fingerprint density at radius 1 is 1.21 bits per heavy atom. The molecule has 0 saturated heterocycles. The van der Waals surface area contributed by atoms with Crippen LogP contribution in [0.15, 0.2) is 30.3 Å². The van der Waals surface area contributed by atoms with E-state index in [1.54, 1.807) is 0 Å². The molecule has 0 aliphatic heterocycles. The second-order valence-electron chi connectivity index (χ2n) is 3.07. The normalized spacial score (nSPS) is 13.7. The number of hydrogen-bond donors (Lipinski definition) is 0. The van der Waals surface area contributed by atoms with E-state index in [9.17, 15) is 0 Å². The Kier molecular flexibility index (Phi) is 4.36. The van der Waals surface area contributed by atoms with Gasteiger partial charge in [-0.15, -0.1) is 0 Å². The summed E-state index contributed by atoms with van der Waals surface area (Å²) in [5, 5.41) is 0. The van der Waals surface area contributed by atoms with Crippen molar-refractivity contribution < 1.29 is 4.74 Å². The molecule has 0 aliphatic rings. The lowest BCUT2D eigenvalue weighted by Gasteiger charge is -2.20. The van der Waals surface area contributed by atoms with Crippen molar-refractivity contribution in [2.45, 2.75) is 10.7 Å². The summed E-state index contributed by atoms with van der Waals surface area (Å²) in [6, 6.07) is 9.45. The van der Waals surface area contributed by atoms with E-state index in [2.05, 4.69) is 0 Å². The molecule has 1 rings (SSSR count). The van der Waals surface area contributed by atoms with E-state index in [0.717, 1.165) is 5.75 Å². The topological polar surface area (TPSA) is 9.23 Å². The summed E-state index contributed by atoms with van der Waals surface area (Å²) in [6.07, 6.45) is 0. The monoisotopic (exact) mass is 252 g/mol. The van der Waals surface area contributed by atoms with Crippen molar-refractivity contribution in [2.75, 3.05) is 6.61 Å². The fourth-order valence-corrected chi connectivity index (χ4v) is 1.02. The van der Waals surface area contributed by atoms with Gasteiger partial charge in [0.2, 0.25) is 0 Å². The minimum Gasteiger partial charge on any atom is -0.493 e. The summed E-state index contributed by atoms with van der Waals surface area (Å²) in [7, 11) is 0. The Balaban J connectivity index is 2.42. The number of para-hydroxylation sites is 1. The van der Waals surface area contributed by atoms with Gasteiger partial charge in [0, 0.05) is 5.92 Å². The van der Waals surface area contributed by atoms with Crippen molar-refractivity contribution in [3.63, 3.8) is 0 Å². The summed E-state index contributed by atoms with van der Waals surface area (Å²) < 4.78 is 4.17. The molecule has 1 nitrogen and oxygen atoms in total. The van der Waals surface area contributed by atoms with Crippen molar-refractivity contribution in [3.05, 3.63) is 30.3 Å². The maximum atomic E-state index is 5.70. The molecule has 0 heterocycles. The van der Waals surface area contributed by atoms with Crippen LogP contribution in [0.2, 0.25) is 0 Å². The van der Waals surface area contributed by atoms with E-state index in [1.165, 1.54) is 0 Å². The first-order chi connectivity index (χ1) is 6.50. The molecule has 0 aliphatic carbocycles. The number of benzene rings is 1. The molecular formula is C10H11Cl3O. The average Bonchev–Trinajstić information content (AvgIpc) is 2.14. The molecule has 0 amide bonds. The van der Waals surface area contributed by atoms with Gasteiger partial charge in [-0.25, -0.2) is 0 Å². The van der Waals surface area contributed by atoms with Gasteiger partial charge >= 0.3 is 0 Å². The highest BCUT2D eigenvalue weighted by molar-refractivity contribution is 6.67. The zero-order chi connectivity index (χ0) is 10.6. The number of alkyl halides is 3. The lowest BCUT2D eigenvalue weighted by Crippen LogP contribution is -2.22. The van der Waals surface area contributed by atoms with Crippen LogP contribution >= 0.6 is 34.8 Å². The van der Waals surface area contributed by atoms with Crippen LogP contribution in [0.1, 0.15) is 6.92 Å². The standard InChI is InChI=1S/C10H11Cl3O/c1-8(10(11,12)13)7-14-9-5-3-2-4-6-9/h2-6,8H,7H2,1H3. The first-order valence-electron chi connectivity index (χ1n) is 4.24. The van der Waals surface area contributed by atoms with Gasteiger partial charge in [-0.2, -0.15) is 0 Å². The minimum absolute atomic E-state index is 0.146. The molecule has 4 heteroatoms. The van der Waals surface area contributed by atoms with Crippen molar-refractivity contribution >= 4 is 34.8 Å². The van der Waals surface area contributed by atoms with E-state index in [1.807, 2.05) is 37.3 Å². The van der Waals surface area contributed by atoms with E-state index in [4.69, 9.17) is 39.5 Å². The van der Waals surface area contributed by atoms with E-state index in [0.29, 0.717) is 6.61 Å². The molecule has 1 unspecified atom stereocenters. The maximum absolute atomic E-state index is 5.70. The lowest BCUT2D eigenvalue weighted by atomic mass is 10.2. The third kappa shape index (κ3) is 3.95. The van der Waals surface area contributed by atoms with Crippen LogP contribution in [0.5, 0.6) is 5.75 Å². The average molecular weight is 254 g/mol. The molecule has 0 N–H and O–H groups in total. The maximum Gasteiger partial charge on any atom is 0.196 e. The fraction of sp³-hybridized carbons (Fsp3) is 0.400. The predicted molar refractivity (Wildman–Crippen MR) is 61.4 cm³/mol. The molecule has 14 heavy (non-hydrogen) atoms. The van der Waals surface area contributed by atoms with Gasteiger partial charge < -0.3 is 4.74 Å². The van der Waals surface area contributed by atoms with Gasteiger partial charge in [-0.3, -0.25) is 0 Å². The van der Waals surface area contributed by atoms with Gasteiger partial charge in [0.15, 0.2) is 3.79 Å². The molecule has 0 fully saturated rings. The molecule has 0 spiro atoms. The first kappa shape index (κ1) is 12.0. The number of halogens is 3.